The Bertz CT molecular complexity index is 806. The average Bonchev–Trinajstić information content (AvgIpc) is 2.64. The van der Waals surface area contributed by atoms with Crippen molar-refractivity contribution in [3.8, 4) is 0 Å². The quantitative estimate of drug-likeness (QED) is 0.755. The molecule has 0 aliphatic heterocycles. The van der Waals surface area contributed by atoms with Crippen LogP contribution in [-0.2, 0) is 20.5 Å². The highest BCUT2D eigenvalue weighted by Crippen LogP contribution is 2.29. The van der Waals surface area contributed by atoms with E-state index >= 15 is 0 Å². The van der Waals surface area contributed by atoms with E-state index in [0.29, 0.717) is 5.69 Å². The van der Waals surface area contributed by atoms with Crippen LogP contribution in [-0.4, -0.2) is 30.9 Å². The second-order valence-corrected chi connectivity index (χ2v) is 5.33. The topological polar surface area (TPSA) is 84.5 Å². The van der Waals surface area contributed by atoms with E-state index in [0.717, 1.165) is 24.3 Å². The number of esters is 1. The summed E-state index contributed by atoms with van der Waals surface area (Å²) >= 11 is 0. The molecule has 27 heavy (non-hydrogen) atoms. The van der Waals surface area contributed by atoms with E-state index in [-0.39, 0.29) is 5.56 Å². The number of alkyl halides is 3. The van der Waals surface area contributed by atoms with Crippen LogP contribution in [0.4, 0.5) is 18.9 Å². The molecule has 0 fully saturated rings. The summed E-state index contributed by atoms with van der Waals surface area (Å²) < 4.78 is 42.1. The number of carbonyl (C=O) groups is 3. The molecule has 2 aromatic carbocycles. The number of amides is 2. The molecular weight excluding hydrogens is 365 g/mol. The maximum Gasteiger partial charge on any atom is 0.416 e. The number of halogens is 3. The largest absolute Gasteiger partial charge is 0.454 e. The van der Waals surface area contributed by atoms with Gasteiger partial charge in [-0.25, -0.2) is 0 Å². The van der Waals surface area contributed by atoms with Crippen molar-refractivity contribution < 1.29 is 32.3 Å². The summed E-state index contributed by atoms with van der Waals surface area (Å²) in [4.78, 5) is 35.0. The lowest BCUT2D eigenvalue weighted by molar-refractivity contribution is -0.146. The van der Waals surface area contributed by atoms with E-state index in [1.165, 1.54) is 0 Å². The first-order valence-corrected chi connectivity index (χ1v) is 7.71. The van der Waals surface area contributed by atoms with Crippen LogP contribution in [0.1, 0.15) is 15.9 Å². The molecule has 2 rings (SSSR count). The van der Waals surface area contributed by atoms with E-state index < -0.39 is 42.7 Å². The van der Waals surface area contributed by atoms with Crippen molar-refractivity contribution in [3.05, 3.63) is 65.7 Å². The molecular formula is C18H15F3N2O4. The number of nitrogens with one attached hydrogen (secondary N) is 2. The minimum Gasteiger partial charge on any atom is -0.454 e. The fourth-order valence-corrected chi connectivity index (χ4v) is 1.98. The number of hydrogen-bond acceptors (Lipinski definition) is 4. The number of anilines is 1. The number of rotatable bonds is 6. The molecule has 9 heteroatoms. The van der Waals surface area contributed by atoms with Crippen molar-refractivity contribution in [1.82, 2.24) is 5.32 Å². The zero-order valence-electron chi connectivity index (χ0n) is 13.9. The summed E-state index contributed by atoms with van der Waals surface area (Å²) in [6.45, 7) is -1.07. The second kappa shape index (κ2) is 8.84. The van der Waals surface area contributed by atoms with Crippen molar-refractivity contribution >= 4 is 23.5 Å². The van der Waals surface area contributed by atoms with Crippen LogP contribution < -0.4 is 10.6 Å². The molecule has 2 amide bonds. The Morgan fingerprint density at radius 3 is 2.15 bits per heavy atom. The zero-order valence-corrected chi connectivity index (χ0v) is 13.9. The molecule has 0 unspecified atom stereocenters. The molecule has 0 bridgehead atoms. The van der Waals surface area contributed by atoms with E-state index in [1.807, 2.05) is 0 Å². The Morgan fingerprint density at radius 1 is 0.926 bits per heavy atom. The minimum atomic E-state index is -4.50. The lowest BCUT2D eigenvalue weighted by Crippen LogP contribution is -2.32. The van der Waals surface area contributed by atoms with Gasteiger partial charge in [-0.3, -0.25) is 14.4 Å². The van der Waals surface area contributed by atoms with Gasteiger partial charge in [-0.05, 0) is 36.4 Å². The monoisotopic (exact) mass is 380 g/mol. The Kier molecular flexibility index (Phi) is 6.53. The van der Waals surface area contributed by atoms with Gasteiger partial charge >= 0.3 is 12.1 Å². The van der Waals surface area contributed by atoms with Gasteiger partial charge in [-0.15, -0.1) is 0 Å². The van der Waals surface area contributed by atoms with Crippen molar-refractivity contribution in [2.75, 3.05) is 18.5 Å². The molecule has 0 aliphatic rings. The van der Waals surface area contributed by atoms with Crippen molar-refractivity contribution in [2.24, 2.45) is 0 Å². The average molecular weight is 380 g/mol. The van der Waals surface area contributed by atoms with Gasteiger partial charge in [-0.1, -0.05) is 18.2 Å². The van der Waals surface area contributed by atoms with E-state index in [9.17, 15) is 27.6 Å². The predicted molar refractivity (Wildman–Crippen MR) is 89.8 cm³/mol. The molecule has 0 aliphatic carbocycles. The summed E-state index contributed by atoms with van der Waals surface area (Å²) in [5.74, 6) is -2.16. The van der Waals surface area contributed by atoms with Crippen LogP contribution in [0.5, 0.6) is 0 Å². The standard InChI is InChI=1S/C18H15F3N2O4/c19-18(20,21)13-8-6-12(7-9-13)17(26)22-10-16(25)27-11-15(24)23-14-4-2-1-3-5-14/h1-9H,10-11H2,(H,22,26)(H,23,24). The van der Waals surface area contributed by atoms with E-state index in [2.05, 4.69) is 10.6 Å². The highest BCUT2D eigenvalue weighted by molar-refractivity contribution is 5.96. The number of benzene rings is 2. The summed E-state index contributed by atoms with van der Waals surface area (Å²) in [5, 5.41) is 4.71. The van der Waals surface area contributed by atoms with Crippen LogP contribution in [0.2, 0.25) is 0 Å². The molecule has 2 aromatic rings. The molecule has 0 heterocycles. The maximum atomic E-state index is 12.5. The van der Waals surface area contributed by atoms with Gasteiger partial charge in [0.05, 0.1) is 5.56 Å². The molecule has 0 saturated carbocycles. The molecule has 0 aromatic heterocycles. The first-order valence-electron chi connectivity index (χ1n) is 7.71. The predicted octanol–water partition coefficient (Wildman–Crippen LogP) is 2.62. The minimum absolute atomic E-state index is 0.0439. The van der Waals surface area contributed by atoms with Crippen LogP contribution in [0, 0.1) is 0 Å². The lowest BCUT2D eigenvalue weighted by atomic mass is 10.1. The van der Waals surface area contributed by atoms with Gasteiger partial charge in [0.25, 0.3) is 11.8 Å². The van der Waals surface area contributed by atoms with Crippen LogP contribution >= 0.6 is 0 Å². The maximum absolute atomic E-state index is 12.5. The van der Waals surface area contributed by atoms with Gasteiger partial charge < -0.3 is 15.4 Å². The van der Waals surface area contributed by atoms with Crippen molar-refractivity contribution in [3.63, 3.8) is 0 Å². The third-order valence-corrected chi connectivity index (χ3v) is 3.29. The number of ether oxygens (including phenoxy) is 1. The van der Waals surface area contributed by atoms with Gasteiger partial charge in [0.2, 0.25) is 0 Å². The van der Waals surface area contributed by atoms with Crippen molar-refractivity contribution in [1.29, 1.82) is 0 Å². The fraction of sp³-hybridized carbons (Fsp3) is 0.167. The summed E-state index contributed by atoms with van der Waals surface area (Å²) in [7, 11) is 0. The molecule has 6 nitrogen and oxygen atoms in total. The normalized spacial score (nSPS) is 10.8. The van der Waals surface area contributed by atoms with E-state index in [1.54, 1.807) is 30.3 Å². The highest BCUT2D eigenvalue weighted by atomic mass is 19.4. The Hall–Kier alpha value is -3.36. The van der Waals surface area contributed by atoms with Gasteiger partial charge in [-0.2, -0.15) is 13.2 Å². The van der Waals surface area contributed by atoms with Crippen molar-refractivity contribution in [2.45, 2.75) is 6.18 Å². The van der Waals surface area contributed by atoms with Crippen LogP contribution in [0.15, 0.2) is 54.6 Å². The number of para-hydroxylation sites is 1. The first-order chi connectivity index (χ1) is 12.8. The van der Waals surface area contributed by atoms with Gasteiger partial charge in [0.15, 0.2) is 6.61 Å². The fourth-order valence-electron chi connectivity index (χ4n) is 1.98. The third kappa shape index (κ3) is 6.46. The van der Waals surface area contributed by atoms with Gasteiger partial charge in [0.1, 0.15) is 6.54 Å². The summed E-state index contributed by atoms with van der Waals surface area (Å²) in [6.07, 6.45) is -4.50. The second-order valence-electron chi connectivity index (χ2n) is 5.33. The molecule has 0 saturated heterocycles. The first kappa shape index (κ1) is 20.0. The SMILES string of the molecule is O=C(COC(=O)CNC(=O)c1ccc(C(F)(F)F)cc1)Nc1ccccc1. The Morgan fingerprint density at radius 2 is 1.56 bits per heavy atom. The van der Waals surface area contributed by atoms with Gasteiger partial charge in [0, 0.05) is 11.3 Å². The number of hydrogen-bond donors (Lipinski definition) is 2. The molecule has 0 atom stereocenters. The smallest absolute Gasteiger partial charge is 0.416 e. The molecule has 0 spiro atoms. The Balaban J connectivity index is 1.74. The third-order valence-electron chi connectivity index (χ3n) is 3.29. The van der Waals surface area contributed by atoms with E-state index in [4.69, 9.17) is 4.74 Å². The Labute approximate surface area is 152 Å². The molecule has 0 radical (unpaired) electrons. The number of carbonyl (C=O) groups excluding carboxylic acids is 3. The van der Waals surface area contributed by atoms with Crippen LogP contribution in [0.3, 0.4) is 0 Å². The summed E-state index contributed by atoms with van der Waals surface area (Å²) in [6, 6.07) is 12.1. The zero-order chi connectivity index (χ0) is 19.9. The summed E-state index contributed by atoms with van der Waals surface area (Å²) in [5.41, 5.74) is -0.394. The lowest BCUT2D eigenvalue weighted by Gasteiger charge is -2.09. The molecule has 142 valence electrons. The molecule has 2 N–H and O–H groups in total. The highest BCUT2D eigenvalue weighted by Gasteiger charge is 2.30. The van der Waals surface area contributed by atoms with Crippen LogP contribution in [0.25, 0.3) is 0 Å².